The van der Waals surface area contributed by atoms with Crippen molar-refractivity contribution in [3.63, 3.8) is 0 Å². The predicted molar refractivity (Wildman–Crippen MR) is 104 cm³/mol. The van der Waals surface area contributed by atoms with Gasteiger partial charge in [-0.3, -0.25) is 4.98 Å². The fourth-order valence-electron chi connectivity index (χ4n) is 3.00. The maximum atomic E-state index is 4.16. The summed E-state index contributed by atoms with van der Waals surface area (Å²) < 4.78 is 0. The number of likely N-dealkylation sites (tertiary alicyclic amines) is 1. The molecule has 1 aromatic heterocycles. The van der Waals surface area contributed by atoms with Crippen LogP contribution in [0.25, 0.3) is 10.8 Å². The van der Waals surface area contributed by atoms with Crippen molar-refractivity contribution in [2.45, 2.75) is 40.2 Å². The van der Waals surface area contributed by atoms with Gasteiger partial charge in [0.05, 0.1) is 0 Å². The van der Waals surface area contributed by atoms with Gasteiger partial charge in [0.15, 0.2) is 0 Å². The average molecular weight is 336 g/mol. The van der Waals surface area contributed by atoms with Crippen LogP contribution in [0.1, 0.15) is 34.1 Å². The minimum Gasteiger partial charge on any atom is -0.381 e. The van der Waals surface area contributed by atoms with E-state index in [9.17, 15) is 0 Å². The Morgan fingerprint density at radius 1 is 1.26 bits per heavy atom. The Morgan fingerprint density at radius 3 is 2.87 bits per heavy atom. The number of fused-ring (bicyclic) bond motifs is 1. The van der Waals surface area contributed by atoms with Gasteiger partial charge in [0.25, 0.3) is 0 Å². The summed E-state index contributed by atoms with van der Waals surface area (Å²) in [5, 5.41) is 6.14. The lowest BCUT2D eigenvalue weighted by Crippen LogP contribution is -2.27. The van der Waals surface area contributed by atoms with Gasteiger partial charge in [0.1, 0.15) is 0 Å². The van der Waals surface area contributed by atoms with Crippen molar-refractivity contribution in [1.29, 1.82) is 0 Å². The molecule has 0 spiro atoms. The van der Waals surface area contributed by atoms with Crippen LogP contribution in [-0.2, 0) is 0 Å². The minimum atomic E-state index is 0. The van der Waals surface area contributed by atoms with Gasteiger partial charge in [-0.1, -0.05) is 27.3 Å². The molecule has 1 N–H and O–H groups in total. The smallest absolute Gasteiger partial charge is 0.0400 e. The summed E-state index contributed by atoms with van der Waals surface area (Å²) in [4.78, 5) is 6.75. The third kappa shape index (κ3) is 5.36. The molecule has 2 heterocycles. The zero-order chi connectivity index (χ0) is 14.7. The van der Waals surface area contributed by atoms with Gasteiger partial charge in [-0.15, -0.1) is 12.4 Å². The quantitative estimate of drug-likeness (QED) is 0.848. The van der Waals surface area contributed by atoms with Crippen molar-refractivity contribution in [3.05, 3.63) is 36.7 Å². The fraction of sp³-hybridized carbons (Fsp3) is 0.526. The van der Waals surface area contributed by atoms with E-state index >= 15 is 0 Å². The molecule has 1 fully saturated rings. The number of hydrogen-bond donors (Lipinski definition) is 1. The molecule has 0 bridgehead atoms. The summed E-state index contributed by atoms with van der Waals surface area (Å²) >= 11 is 0. The first-order valence-corrected chi connectivity index (χ1v) is 8.03. The van der Waals surface area contributed by atoms with Gasteiger partial charge in [-0.05, 0) is 48.9 Å². The van der Waals surface area contributed by atoms with Crippen LogP contribution in [0, 0.1) is 5.92 Å². The summed E-state index contributed by atoms with van der Waals surface area (Å²) in [6, 6.07) is 9.20. The Bertz CT molecular complexity index is 600. The molecule has 1 atom stereocenters. The van der Waals surface area contributed by atoms with Crippen molar-refractivity contribution in [3.8, 4) is 0 Å². The second-order valence-corrected chi connectivity index (χ2v) is 6.55. The first-order chi connectivity index (χ1) is 10.2. The normalized spacial score (nSPS) is 17.8. The summed E-state index contributed by atoms with van der Waals surface area (Å²) in [7, 11) is 0. The molecule has 0 amide bonds. The SMILES string of the molecule is C.CC(C)CCN1CC[C@@H](Nc2ccc3cnccc3c2)C1.Cl. The van der Waals surface area contributed by atoms with Crippen molar-refractivity contribution in [2.75, 3.05) is 25.0 Å². The molecule has 3 nitrogen and oxygen atoms in total. The number of nitrogens with zero attached hydrogens (tertiary/aromatic N) is 2. The van der Waals surface area contributed by atoms with Crippen molar-refractivity contribution in [1.82, 2.24) is 9.88 Å². The number of hydrogen-bond acceptors (Lipinski definition) is 3. The molecule has 1 aliphatic heterocycles. The lowest BCUT2D eigenvalue weighted by atomic mass is 10.1. The summed E-state index contributed by atoms with van der Waals surface area (Å²) in [5.41, 5.74) is 1.23. The molecule has 2 aromatic rings. The first-order valence-electron chi connectivity index (χ1n) is 8.03. The van der Waals surface area contributed by atoms with Gasteiger partial charge < -0.3 is 10.2 Å². The molecule has 128 valence electrons. The lowest BCUT2D eigenvalue weighted by molar-refractivity contribution is 0.311. The van der Waals surface area contributed by atoms with E-state index in [4.69, 9.17) is 0 Å². The Hall–Kier alpha value is -1.32. The van der Waals surface area contributed by atoms with E-state index in [1.807, 2.05) is 12.4 Å². The topological polar surface area (TPSA) is 28.2 Å². The number of rotatable bonds is 5. The highest BCUT2D eigenvalue weighted by molar-refractivity contribution is 5.85. The van der Waals surface area contributed by atoms with Crippen LogP contribution >= 0.6 is 12.4 Å². The number of anilines is 1. The number of nitrogens with one attached hydrogen (secondary N) is 1. The Kier molecular flexibility index (Phi) is 7.80. The zero-order valence-corrected chi connectivity index (χ0v) is 14.3. The van der Waals surface area contributed by atoms with E-state index in [0.29, 0.717) is 6.04 Å². The van der Waals surface area contributed by atoms with E-state index in [-0.39, 0.29) is 19.8 Å². The molecule has 0 radical (unpaired) electrons. The highest BCUT2D eigenvalue weighted by atomic mass is 35.5. The molecule has 0 unspecified atom stereocenters. The standard InChI is InChI=1S/C18H25N3.CH4.ClH/c1-14(2)6-9-21-10-7-18(13-21)20-17-4-3-16-12-19-8-5-15(16)11-17;;/h3-5,8,11-12,14,18,20H,6-7,9-10,13H2,1-2H3;1H4;1H/t18-;;/m1../s1. The third-order valence-electron chi connectivity index (χ3n) is 4.31. The second kappa shape index (κ2) is 9.09. The maximum Gasteiger partial charge on any atom is 0.0400 e. The fourth-order valence-corrected chi connectivity index (χ4v) is 3.00. The van der Waals surface area contributed by atoms with Crippen LogP contribution in [0.2, 0.25) is 0 Å². The monoisotopic (exact) mass is 335 g/mol. The van der Waals surface area contributed by atoms with Crippen molar-refractivity contribution < 1.29 is 0 Å². The summed E-state index contributed by atoms with van der Waals surface area (Å²) in [6.45, 7) is 8.23. The molecular weight excluding hydrogens is 306 g/mol. The molecule has 0 saturated carbocycles. The van der Waals surface area contributed by atoms with Gasteiger partial charge in [-0.2, -0.15) is 0 Å². The number of halogens is 1. The molecule has 1 aromatic carbocycles. The van der Waals surface area contributed by atoms with Crippen LogP contribution in [0.3, 0.4) is 0 Å². The predicted octanol–water partition coefficient (Wildman–Crippen LogP) is 4.83. The van der Waals surface area contributed by atoms with Crippen LogP contribution in [-0.4, -0.2) is 35.6 Å². The van der Waals surface area contributed by atoms with Gasteiger partial charge in [-0.25, -0.2) is 0 Å². The van der Waals surface area contributed by atoms with E-state index in [2.05, 4.69) is 53.3 Å². The highest BCUT2D eigenvalue weighted by Crippen LogP contribution is 2.21. The number of aromatic nitrogens is 1. The lowest BCUT2D eigenvalue weighted by Gasteiger charge is -2.18. The molecule has 1 saturated heterocycles. The van der Waals surface area contributed by atoms with Gasteiger partial charge in [0, 0.05) is 42.6 Å². The molecule has 1 aliphatic rings. The van der Waals surface area contributed by atoms with Crippen molar-refractivity contribution in [2.24, 2.45) is 5.92 Å². The summed E-state index contributed by atoms with van der Waals surface area (Å²) in [5.74, 6) is 0.797. The molecule has 0 aliphatic carbocycles. The summed E-state index contributed by atoms with van der Waals surface area (Å²) in [6.07, 6.45) is 6.32. The van der Waals surface area contributed by atoms with Crippen LogP contribution in [0.5, 0.6) is 0 Å². The molecule has 23 heavy (non-hydrogen) atoms. The molecular formula is C19H30ClN3. The maximum absolute atomic E-state index is 4.16. The first kappa shape index (κ1) is 19.7. The average Bonchev–Trinajstić information content (AvgIpc) is 2.92. The van der Waals surface area contributed by atoms with Crippen LogP contribution < -0.4 is 5.32 Å². The largest absolute Gasteiger partial charge is 0.381 e. The Balaban J connectivity index is 0.00000132. The number of pyridine rings is 1. The van der Waals surface area contributed by atoms with Gasteiger partial charge >= 0.3 is 0 Å². The zero-order valence-electron chi connectivity index (χ0n) is 13.5. The van der Waals surface area contributed by atoms with Gasteiger partial charge in [0.2, 0.25) is 0 Å². The third-order valence-corrected chi connectivity index (χ3v) is 4.31. The van der Waals surface area contributed by atoms with Crippen LogP contribution in [0.15, 0.2) is 36.7 Å². The number of benzene rings is 1. The Morgan fingerprint density at radius 2 is 2.09 bits per heavy atom. The van der Waals surface area contributed by atoms with Crippen molar-refractivity contribution >= 4 is 28.9 Å². The van der Waals surface area contributed by atoms with E-state index < -0.39 is 0 Å². The van der Waals surface area contributed by atoms with E-state index in [1.54, 1.807) is 0 Å². The van der Waals surface area contributed by atoms with E-state index in [1.165, 1.54) is 48.9 Å². The minimum absolute atomic E-state index is 0. The highest BCUT2D eigenvalue weighted by Gasteiger charge is 2.21. The molecule has 4 heteroatoms. The van der Waals surface area contributed by atoms with E-state index in [0.717, 1.165) is 5.92 Å². The second-order valence-electron chi connectivity index (χ2n) is 6.55. The Labute approximate surface area is 146 Å². The molecule has 3 rings (SSSR count). The van der Waals surface area contributed by atoms with Crippen LogP contribution in [0.4, 0.5) is 5.69 Å².